The zero-order valence-corrected chi connectivity index (χ0v) is 12.0. The Kier molecular flexibility index (Phi) is 4.19. The van der Waals surface area contributed by atoms with Crippen molar-refractivity contribution in [3.63, 3.8) is 0 Å². The molecule has 2 atom stereocenters. The highest BCUT2D eigenvalue weighted by molar-refractivity contribution is 6.07. The maximum atomic E-state index is 12.8. The van der Waals surface area contributed by atoms with Gasteiger partial charge < -0.3 is 25.7 Å². The van der Waals surface area contributed by atoms with Crippen molar-refractivity contribution in [2.24, 2.45) is 22.2 Å². The topological polar surface area (TPSA) is 108 Å². The van der Waals surface area contributed by atoms with Crippen molar-refractivity contribution in [3.05, 3.63) is 0 Å². The van der Waals surface area contributed by atoms with Gasteiger partial charge in [0.1, 0.15) is 5.41 Å². The molecule has 0 radical (unpaired) electrons. The molecule has 0 aromatic rings. The summed E-state index contributed by atoms with van der Waals surface area (Å²) in [7, 11) is 0. The summed E-state index contributed by atoms with van der Waals surface area (Å²) in [6, 6.07) is 0. The number of aliphatic hydroxyl groups is 1. The van der Waals surface area contributed by atoms with Gasteiger partial charge >= 0.3 is 0 Å². The predicted molar refractivity (Wildman–Crippen MR) is 72.2 cm³/mol. The summed E-state index contributed by atoms with van der Waals surface area (Å²) in [6.07, 6.45) is 0.686. The molecule has 1 saturated heterocycles. The van der Waals surface area contributed by atoms with Gasteiger partial charge in [-0.2, -0.15) is 0 Å². The van der Waals surface area contributed by atoms with Gasteiger partial charge in [0.05, 0.1) is 18.8 Å². The fraction of sp³-hybridized carbons (Fsp3) is 0.846. The van der Waals surface area contributed by atoms with Gasteiger partial charge in [0, 0.05) is 13.1 Å². The van der Waals surface area contributed by atoms with Gasteiger partial charge in [-0.25, -0.2) is 0 Å². The van der Waals surface area contributed by atoms with E-state index in [1.165, 1.54) is 0 Å². The lowest BCUT2D eigenvalue weighted by atomic mass is 9.61. The highest BCUT2D eigenvalue weighted by atomic mass is 16.5. The van der Waals surface area contributed by atoms with Crippen molar-refractivity contribution in [3.8, 4) is 0 Å². The van der Waals surface area contributed by atoms with Gasteiger partial charge in [0.15, 0.2) is 5.84 Å². The first-order valence-corrected chi connectivity index (χ1v) is 6.96. The minimum atomic E-state index is -0.884. The van der Waals surface area contributed by atoms with Crippen LogP contribution in [0.1, 0.15) is 26.7 Å². The Morgan fingerprint density at radius 1 is 1.45 bits per heavy atom. The minimum Gasteiger partial charge on any atom is -0.409 e. The zero-order chi connectivity index (χ0) is 14.9. The molecule has 114 valence electrons. The largest absolute Gasteiger partial charge is 0.409 e. The predicted octanol–water partition coefficient (Wildman–Crippen LogP) is -0.243. The number of carbonyl (C=O) groups is 1. The molecule has 7 nitrogen and oxygen atoms in total. The molecule has 7 heteroatoms. The number of morpholine rings is 1. The van der Waals surface area contributed by atoms with Crippen molar-refractivity contribution >= 4 is 11.7 Å². The van der Waals surface area contributed by atoms with Crippen LogP contribution in [-0.2, 0) is 9.53 Å². The second-order valence-corrected chi connectivity index (χ2v) is 6.04. The second-order valence-electron chi connectivity index (χ2n) is 6.04. The number of aliphatic hydroxyl groups excluding tert-OH is 1. The van der Waals surface area contributed by atoms with Crippen LogP contribution in [0.3, 0.4) is 0 Å². The van der Waals surface area contributed by atoms with Crippen molar-refractivity contribution in [2.75, 3.05) is 19.7 Å². The molecule has 1 saturated carbocycles. The summed E-state index contributed by atoms with van der Waals surface area (Å²) >= 11 is 0. The standard InChI is InChI=1S/C13H23N3O4/c1-8-3-13(4-8,11(14)15-19)12(18)16-5-9(2)20-10(6-16)7-17/h8-10,17,19H,3-7H2,1-2H3,(H2,14,15). The van der Waals surface area contributed by atoms with E-state index in [1.54, 1.807) is 4.90 Å². The van der Waals surface area contributed by atoms with Crippen molar-refractivity contribution in [1.82, 2.24) is 4.90 Å². The third kappa shape index (κ3) is 2.47. The molecule has 1 aliphatic heterocycles. The summed E-state index contributed by atoms with van der Waals surface area (Å²) in [4.78, 5) is 14.4. The Labute approximate surface area is 118 Å². The third-order valence-electron chi connectivity index (χ3n) is 4.22. The molecule has 0 bridgehead atoms. The van der Waals surface area contributed by atoms with E-state index in [1.807, 2.05) is 13.8 Å². The summed E-state index contributed by atoms with van der Waals surface area (Å²) in [5, 5.41) is 21.2. The molecule has 0 aromatic carbocycles. The highest BCUT2D eigenvalue weighted by Gasteiger charge is 2.54. The Bertz CT molecular complexity index is 406. The lowest BCUT2D eigenvalue weighted by Gasteiger charge is -2.48. The smallest absolute Gasteiger partial charge is 0.236 e. The van der Waals surface area contributed by atoms with E-state index in [-0.39, 0.29) is 30.6 Å². The van der Waals surface area contributed by atoms with E-state index < -0.39 is 5.41 Å². The fourth-order valence-corrected chi connectivity index (χ4v) is 3.33. The number of amides is 1. The summed E-state index contributed by atoms with van der Waals surface area (Å²) in [5.74, 6) is 0.242. The molecule has 1 heterocycles. The van der Waals surface area contributed by atoms with Crippen LogP contribution in [0.25, 0.3) is 0 Å². The Hall–Kier alpha value is -1.34. The average Bonchev–Trinajstić information content (AvgIpc) is 2.41. The van der Waals surface area contributed by atoms with E-state index in [0.717, 1.165) is 0 Å². The van der Waals surface area contributed by atoms with Crippen LogP contribution < -0.4 is 5.73 Å². The van der Waals surface area contributed by atoms with Crippen molar-refractivity contribution in [2.45, 2.75) is 38.9 Å². The summed E-state index contributed by atoms with van der Waals surface area (Å²) in [5.41, 5.74) is 4.87. The molecule has 1 amide bonds. The van der Waals surface area contributed by atoms with E-state index in [0.29, 0.717) is 31.8 Å². The van der Waals surface area contributed by atoms with E-state index in [2.05, 4.69) is 5.16 Å². The summed E-state index contributed by atoms with van der Waals surface area (Å²) in [6.45, 7) is 4.58. The summed E-state index contributed by atoms with van der Waals surface area (Å²) < 4.78 is 5.53. The number of amidine groups is 1. The number of hydrogen-bond donors (Lipinski definition) is 3. The van der Waals surface area contributed by atoms with Crippen molar-refractivity contribution in [1.29, 1.82) is 0 Å². The van der Waals surface area contributed by atoms with Crippen molar-refractivity contribution < 1.29 is 19.8 Å². The van der Waals surface area contributed by atoms with E-state index in [4.69, 9.17) is 15.7 Å². The average molecular weight is 285 g/mol. The van der Waals surface area contributed by atoms with Crippen LogP contribution in [0.4, 0.5) is 0 Å². The Morgan fingerprint density at radius 2 is 2.10 bits per heavy atom. The minimum absolute atomic E-state index is 0.0136. The quantitative estimate of drug-likeness (QED) is 0.287. The molecule has 4 N–H and O–H groups in total. The highest BCUT2D eigenvalue weighted by Crippen LogP contribution is 2.47. The van der Waals surface area contributed by atoms with Gasteiger partial charge in [-0.05, 0) is 25.7 Å². The Balaban J connectivity index is 2.16. The third-order valence-corrected chi connectivity index (χ3v) is 4.22. The number of nitrogens with zero attached hydrogens (tertiary/aromatic N) is 2. The van der Waals surface area contributed by atoms with E-state index in [9.17, 15) is 9.90 Å². The molecule has 2 unspecified atom stereocenters. The molecule has 20 heavy (non-hydrogen) atoms. The van der Waals surface area contributed by atoms with Gasteiger partial charge in [0.2, 0.25) is 5.91 Å². The van der Waals surface area contributed by atoms with Crippen LogP contribution in [0.15, 0.2) is 5.16 Å². The first kappa shape index (κ1) is 15.1. The van der Waals surface area contributed by atoms with Crippen LogP contribution in [0.5, 0.6) is 0 Å². The first-order valence-electron chi connectivity index (χ1n) is 6.96. The maximum Gasteiger partial charge on any atom is 0.236 e. The van der Waals surface area contributed by atoms with Gasteiger partial charge in [-0.1, -0.05) is 12.1 Å². The molecule has 2 rings (SSSR count). The number of carbonyl (C=O) groups excluding carboxylic acids is 1. The first-order chi connectivity index (χ1) is 9.42. The normalized spacial score (nSPS) is 38.5. The number of oxime groups is 1. The Morgan fingerprint density at radius 3 is 2.60 bits per heavy atom. The molecule has 0 aromatic heterocycles. The fourth-order valence-electron chi connectivity index (χ4n) is 3.33. The van der Waals surface area contributed by atoms with Crippen LogP contribution in [0, 0.1) is 11.3 Å². The number of rotatable bonds is 3. The molecule has 1 aliphatic carbocycles. The molecular weight excluding hydrogens is 262 g/mol. The van der Waals surface area contributed by atoms with Gasteiger partial charge in [-0.3, -0.25) is 4.79 Å². The SMILES string of the molecule is CC1CC(C(=O)N2CC(C)OC(CO)C2)(C(N)=NO)C1. The zero-order valence-electron chi connectivity index (χ0n) is 12.0. The molecule has 2 fully saturated rings. The van der Waals surface area contributed by atoms with Gasteiger partial charge in [-0.15, -0.1) is 0 Å². The monoisotopic (exact) mass is 285 g/mol. The maximum absolute atomic E-state index is 12.8. The number of ether oxygens (including phenoxy) is 1. The molecular formula is C13H23N3O4. The van der Waals surface area contributed by atoms with Crippen LogP contribution in [0.2, 0.25) is 0 Å². The number of hydrogen-bond acceptors (Lipinski definition) is 5. The van der Waals surface area contributed by atoms with Gasteiger partial charge in [0.25, 0.3) is 0 Å². The lowest BCUT2D eigenvalue weighted by molar-refractivity contribution is -0.159. The van der Waals surface area contributed by atoms with Crippen LogP contribution in [-0.4, -0.2) is 58.9 Å². The second kappa shape index (κ2) is 5.57. The lowest BCUT2D eigenvalue weighted by Crippen LogP contribution is -2.61. The number of nitrogens with two attached hydrogens (primary N) is 1. The van der Waals surface area contributed by atoms with Crippen LogP contribution >= 0.6 is 0 Å². The molecule has 0 spiro atoms. The van der Waals surface area contributed by atoms with E-state index >= 15 is 0 Å². The molecule has 2 aliphatic rings.